The van der Waals surface area contributed by atoms with Gasteiger partial charge in [0.1, 0.15) is 11.3 Å². The molecule has 29 heavy (non-hydrogen) atoms. The first-order valence-corrected chi connectivity index (χ1v) is 11.0. The summed E-state index contributed by atoms with van der Waals surface area (Å²) < 4.78 is 13.2. The summed E-state index contributed by atoms with van der Waals surface area (Å²) in [4.78, 5) is 0. The third-order valence-electron chi connectivity index (χ3n) is 6.11. The zero-order chi connectivity index (χ0) is 19.7. The summed E-state index contributed by atoms with van der Waals surface area (Å²) in [6.07, 6.45) is 6.43. The second kappa shape index (κ2) is 9.47. The van der Waals surface area contributed by atoms with Crippen molar-refractivity contribution in [3.63, 3.8) is 0 Å². The zero-order valence-electron chi connectivity index (χ0n) is 17.1. The molecule has 0 spiro atoms. The molecule has 0 aliphatic carbocycles. The number of likely N-dealkylation sites (tertiary alicyclic amines) is 1. The molecule has 3 aromatic rings. The highest BCUT2D eigenvalue weighted by atomic mass is 79.9. The van der Waals surface area contributed by atoms with Crippen molar-refractivity contribution in [2.24, 2.45) is 0 Å². The van der Waals surface area contributed by atoms with E-state index in [1.807, 2.05) is 31.2 Å². The van der Waals surface area contributed by atoms with E-state index < -0.39 is 0 Å². The van der Waals surface area contributed by atoms with E-state index in [0.29, 0.717) is 15.6 Å². The number of hydrogen-bond donors (Lipinski definition) is 0. The quantitative estimate of drug-likeness (QED) is 0.377. The van der Waals surface area contributed by atoms with Gasteiger partial charge >= 0.3 is 0 Å². The normalized spacial score (nSPS) is 16.1. The molecule has 2 heterocycles. The van der Waals surface area contributed by atoms with Gasteiger partial charge in [-0.3, -0.25) is 0 Å². The number of unbranched alkanes of at least 4 members (excludes halogenated alkanes) is 1. The first-order valence-electron chi connectivity index (χ1n) is 10.2. The molecule has 0 radical (unpaired) electrons. The monoisotopic (exact) mass is 499 g/mol. The van der Waals surface area contributed by atoms with Crippen LogP contribution in [0.15, 0.2) is 28.7 Å². The van der Waals surface area contributed by atoms with Gasteiger partial charge in [0, 0.05) is 21.9 Å². The smallest absolute Gasteiger partial charge is 0.154 e. The average molecular weight is 501 g/mol. The van der Waals surface area contributed by atoms with Crippen LogP contribution in [0.25, 0.3) is 21.9 Å². The van der Waals surface area contributed by atoms with Crippen LogP contribution in [-0.4, -0.2) is 37.8 Å². The molecule has 0 N–H and O–H groups in total. The maximum Gasteiger partial charge on any atom is 0.154 e. The van der Waals surface area contributed by atoms with Crippen LogP contribution < -0.4 is 21.7 Å². The molecule has 1 aromatic heterocycles. The predicted octanol–water partition coefficient (Wildman–Crippen LogP) is 3.99. The second-order valence-electron chi connectivity index (χ2n) is 8.34. The van der Waals surface area contributed by atoms with Crippen LogP contribution in [0.5, 0.6) is 5.75 Å². The van der Waals surface area contributed by atoms with E-state index >= 15 is 0 Å². The minimum Gasteiger partial charge on any atom is -1.00 e. The topological polar surface area (TPSA) is 22.4 Å². The highest BCUT2D eigenvalue weighted by molar-refractivity contribution is 6.40. The number of rotatable bonds is 6. The Balaban J connectivity index is 0.00000240. The van der Waals surface area contributed by atoms with Crippen molar-refractivity contribution < 1.29 is 30.6 Å². The van der Waals surface area contributed by atoms with Crippen molar-refractivity contribution in [2.75, 3.05) is 33.3 Å². The summed E-state index contributed by atoms with van der Waals surface area (Å²) in [6.45, 7) is 6.55. The minimum absolute atomic E-state index is 0. The number of fused-ring (bicyclic) bond motifs is 3. The fourth-order valence-corrected chi connectivity index (χ4v) is 4.78. The van der Waals surface area contributed by atoms with Gasteiger partial charge < -0.3 is 30.6 Å². The molecule has 1 aliphatic heterocycles. The van der Waals surface area contributed by atoms with E-state index in [0.717, 1.165) is 40.7 Å². The molecule has 2 aromatic carbocycles. The lowest BCUT2D eigenvalue weighted by molar-refractivity contribution is -0.914. The molecule has 4 rings (SSSR count). The number of quaternary nitrogens is 1. The van der Waals surface area contributed by atoms with Gasteiger partial charge in [0.15, 0.2) is 5.58 Å². The van der Waals surface area contributed by atoms with Crippen LogP contribution in [0.3, 0.4) is 0 Å². The number of piperidine rings is 1. The Labute approximate surface area is 193 Å². The summed E-state index contributed by atoms with van der Waals surface area (Å²) >= 11 is 12.7. The molecule has 3 nitrogen and oxygen atoms in total. The minimum atomic E-state index is 0. The van der Waals surface area contributed by atoms with Gasteiger partial charge in [0.2, 0.25) is 0 Å². The standard InChI is InChI=1S/C23H28Cl2NO2.BrH/c1-16-20(24)15-19-18-9-8-17(14-21(18)28-23(19)22(16)25)27-13-7-6-12-26(2)10-4-3-5-11-26;/h8-9,14-15H,3-7,10-13H2,1-2H3;1H/q+1;/p-1. The number of halogens is 3. The first kappa shape index (κ1) is 22.7. The van der Waals surface area contributed by atoms with E-state index in [1.54, 1.807) is 0 Å². The Hall–Kier alpha value is -0.940. The van der Waals surface area contributed by atoms with Crippen molar-refractivity contribution >= 4 is 45.1 Å². The Morgan fingerprint density at radius 2 is 1.79 bits per heavy atom. The molecule has 0 unspecified atom stereocenters. The summed E-state index contributed by atoms with van der Waals surface area (Å²) in [5.74, 6) is 0.837. The van der Waals surface area contributed by atoms with Gasteiger partial charge in [0.25, 0.3) is 0 Å². The zero-order valence-corrected chi connectivity index (χ0v) is 20.2. The van der Waals surface area contributed by atoms with E-state index in [1.165, 1.54) is 49.8 Å². The summed E-state index contributed by atoms with van der Waals surface area (Å²) in [7, 11) is 2.40. The van der Waals surface area contributed by atoms with Crippen LogP contribution in [0.2, 0.25) is 10.0 Å². The van der Waals surface area contributed by atoms with Crippen molar-refractivity contribution in [2.45, 2.75) is 39.0 Å². The van der Waals surface area contributed by atoms with Crippen LogP contribution in [0, 0.1) is 6.92 Å². The average Bonchev–Trinajstić information content (AvgIpc) is 3.04. The third kappa shape index (κ3) is 4.87. The Bertz CT molecular complexity index is 996. The lowest BCUT2D eigenvalue weighted by atomic mass is 10.1. The third-order valence-corrected chi connectivity index (χ3v) is 6.96. The Morgan fingerprint density at radius 3 is 2.55 bits per heavy atom. The van der Waals surface area contributed by atoms with Gasteiger partial charge in [-0.2, -0.15) is 0 Å². The number of hydrogen-bond acceptors (Lipinski definition) is 2. The summed E-state index contributed by atoms with van der Waals surface area (Å²) in [5, 5.41) is 3.19. The van der Waals surface area contributed by atoms with E-state index in [-0.39, 0.29) is 17.0 Å². The molecular weight excluding hydrogens is 473 g/mol. The highest BCUT2D eigenvalue weighted by Gasteiger charge is 2.23. The van der Waals surface area contributed by atoms with Crippen molar-refractivity contribution in [1.82, 2.24) is 0 Å². The maximum absolute atomic E-state index is 6.43. The summed E-state index contributed by atoms with van der Waals surface area (Å²) in [6, 6.07) is 7.90. The fraction of sp³-hybridized carbons (Fsp3) is 0.478. The van der Waals surface area contributed by atoms with Crippen LogP contribution in [0.4, 0.5) is 0 Å². The van der Waals surface area contributed by atoms with Gasteiger partial charge in [-0.1, -0.05) is 23.2 Å². The number of benzene rings is 2. The number of ether oxygens (including phenoxy) is 1. The van der Waals surface area contributed by atoms with Crippen molar-refractivity contribution in [3.05, 3.63) is 39.9 Å². The van der Waals surface area contributed by atoms with Crippen molar-refractivity contribution in [1.29, 1.82) is 0 Å². The molecule has 0 bridgehead atoms. The summed E-state index contributed by atoms with van der Waals surface area (Å²) in [5.41, 5.74) is 2.31. The van der Waals surface area contributed by atoms with Gasteiger partial charge in [0.05, 0.1) is 38.3 Å². The largest absolute Gasteiger partial charge is 1.00 e. The Kier molecular flexibility index (Phi) is 7.42. The van der Waals surface area contributed by atoms with Crippen molar-refractivity contribution in [3.8, 4) is 5.75 Å². The molecule has 0 amide bonds. The van der Waals surface area contributed by atoms with E-state index in [2.05, 4.69) is 7.05 Å². The molecule has 1 fully saturated rings. The van der Waals surface area contributed by atoms with Crippen LogP contribution in [-0.2, 0) is 0 Å². The molecular formula is C23H28BrCl2NO2. The second-order valence-corrected chi connectivity index (χ2v) is 9.13. The van der Waals surface area contributed by atoms with E-state index in [9.17, 15) is 0 Å². The SMILES string of the molecule is Cc1c(Cl)cc2c(oc3cc(OCCCC[N+]4(C)CCCCC4)ccc32)c1Cl.[Br-]. The first-order chi connectivity index (χ1) is 13.5. The lowest BCUT2D eigenvalue weighted by Crippen LogP contribution is -3.00. The van der Waals surface area contributed by atoms with Gasteiger partial charge in [-0.05, 0) is 62.8 Å². The molecule has 1 aliphatic rings. The molecule has 0 atom stereocenters. The Morgan fingerprint density at radius 1 is 1.03 bits per heavy atom. The molecule has 1 saturated heterocycles. The van der Waals surface area contributed by atoms with Crippen LogP contribution in [0.1, 0.15) is 37.7 Å². The predicted molar refractivity (Wildman–Crippen MR) is 118 cm³/mol. The van der Waals surface area contributed by atoms with Gasteiger partial charge in [-0.15, -0.1) is 0 Å². The highest BCUT2D eigenvalue weighted by Crippen LogP contribution is 2.39. The molecule has 6 heteroatoms. The van der Waals surface area contributed by atoms with Crippen LogP contribution >= 0.6 is 23.2 Å². The maximum atomic E-state index is 6.43. The number of nitrogens with zero attached hydrogens (tertiary/aromatic N) is 1. The fourth-order valence-electron chi connectivity index (χ4n) is 4.29. The lowest BCUT2D eigenvalue weighted by Gasteiger charge is -2.37. The molecule has 0 saturated carbocycles. The van der Waals surface area contributed by atoms with Gasteiger partial charge in [-0.25, -0.2) is 0 Å². The number of furan rings is 1. The van der Waals surface area contributed by atoms with E-state index in [4.69, 9.17) is 32.4 Å². The molecule has 158 valence electrons.